The average molecular weight is 382 g/mol. The van der Waals surface area contributed by atoms with Crippen molar-refractivity contribution >= 4 is 40.6 Å². The SMILES string of the molecule is CCOc1ccc(/C=C2\SC(=O)N(CC(=O)Nc3ccccc3)C2=O)cc1. The van der Waals surface area contributed by atoms with Gasteiger partial charge in [0.2, 0.25) is 5.91 Å². The summed E-state index contributed by atoms with van der Waals surface area (Å²) in [4.78, 5) is 38.0. The number of ether oxygens (including phenoxy) is 1. The standard InChI is InChI=1S/C20H18N2O4S/c1-2-26-16-10-8-14(9-11-16)12-17-19(24)22(20(25)27-17)13-18(23)21-15-6-4-3-5-7-15/h3-12H,2,13H2,1H3,(H,21,23)/b17-12-. The first-order valence-corrected chi connectivity index (χ1v) is 9.21. The Morgan fingerprint density at radius 2 is 1.81 bits per heavy atom. The number of carbonyl (C=O) groups is 3. The summed E-state index contributed by atoms with van der Waals surface area (Å²) >= 11 is 0.827. The molecule has 27 heavy (non-hydrogen) atoms. The van der Waals surface area contributed by atoms with Crippen LogP contribution in [0.2, 0.25) is 0 Å². The number of rotatable bonds is 6. The van der Waals surface area contributed by atoms with Crippen LogP contribution in [0.1, 0.15) is 12.5 Å². The molecule has 1 fully saturated rings. The first kappa shape index (κ1) is 18.7. The molecule has 0 bridgehead atoms. The summed E-state index contributed by atoms with van der Waals surface area (Å²) in [6, 6.07) is 16.1. The molecule has 6 nitrogen and oxygen atoms in total. The average Bonchev–Trinajstić information content (AvgIpc) is 2.92. The van der Waals surface area contributed by atoms with Crippen molar-refractivity contribution < 1.29 is 19.1 Å². The molecule has 0 atom stereocenters. The highest BCUT2D eigenvalue weighted by molar-refractivity contribution is 8.18. The minimum Gasteiger partial charge on any atom is -0.494 e. The molecule has 7 heteroatoms. The van der Waals surface area contributed by atoms with Gasteiger partial charge in [0.05, 0.1) is 11.5 Å². The Balaban J connectivity index is 1.66. The molecule has 0 aromatic heterocycles. The Hall–Kier alpha value is -3.06. The molecule has 0 aliphatic carbocycles. The van der Waals surface area contributed by atoms with E-state index in [1.165, 1.54) is 0 Å². The van der Waals surface area contributed by atoms with Gasteiger partial charge in [-0.15, -0.1) is 0 Å². The number of anilines is 1. The first-order valence-electron chi connectivity index (χ1n) is 8.40. The lowest BCUT2D eigenvalue weighted by Gasteiger charge is -2.12. The summed E-state index contributed by atoms with van der Waals surface area (Å²) in [5.41, 5.74) is 1.39. The van der Waals surface area contributed by atoms with Crippen molar-refractivity contribution in [3.05, 3.63) is 65.1 Å². The van der Waals surface area contributed by atoms with Crippen LogP contribution in [0, 0.1) is 0 Å². The number of hydrogen-bond acceptors (Lipinski definition) is 5. The van der Waals surface area contributed by atoms with Gasteiger partial charge in [-0.2, -0.15) is 0 Å². The van der Waals surface area contributed by atoms with Crippen LogP contribution in [-0.4, -0.2) is 35.1 Å². The van der Waals surface area contributed by atoms with Gasteiger partial charge in [0.15, 0.2) is 0 Å². The van der Waals surface area contributed by atoms with Crippen LogP contribution in [0.25, 0.3) is 6.08 Å². The van der Waals surface area contributed by atoms with Crippen LogP contribution in [0.3, 0.4) is 0 Å². The molecule has 1 N–H and O–H groups in total. The highest BCUT2D eigenvalue weighted by atomic mass is 32.2. The van der Waals surface area contributed by atoms with Crippen LogP contribution in [-0.2, 0) is 9.59 Å². The third kappa shape index (κ3) is 4.77. The molecule has 138 valence electrons. The summed E-state index contributed by atoms with van der Waals surface area (Å²) in [6.07, 6.45) is 1.63. The second kappa shape index (κ2) is 8.55. The fourth-order valence-electron chi connectivity index (χ4n) is 2.48. The van der Waals surface area contributed by atoms with E-state index < -0.39 is 17.1 Å². The normalized spacial score (nSPS) is 15.3. The lowest BCUT2D eigenvalue weighted by Crippen LogP contribution is -2.36. The maximum atomic E-state index is 12.5. The van der Waals surface area contributed by atoms with E-state index in [0.717, 1.165) is 28.0 Å². The summed E-state index contributed by atoms with van der Waals surface area (Å²) in [7, 11) is 0. The highest BCUT2D eigenvalue weighted by Gasteiger charge is 2.36. The molecule has 3 amide bonds. The molecular weight excluding hydrogens is 364 g/mol. The number of imide groups is 1. The van der Waals surface area contributed by atoms with Crippen LogP contribution in [0.5, 0.6) is 5.75 Å². The summed E-state index contributed by atoms with van der Waals surface area (Å²) < 4.78 is 5.38. The van der Waals surface area contributed by atoms with Gasteiger partial charge in [-0.05, 0) is 54.6 Å². The van der Waals surface area contributed by atoms with Crippen LogP contribution >= 0.6 is 11.8 Å². The molecule has 1 heterocycles. The quantitative estimate of drug-likeness (QED) is 0.770. The Bertz CT molecular complexity index is 879. The van der Waals surface area contributed by atoms with E-state index >= 15 is 0 Å². The Morgan fingerprint density at radius 3 is 2.48 bits per heavy atom. The minimum absolute atomic E-state index is 0.289. The van der Waals surface area contributed by atoms with E-state index in [1.807, 2.05) is 13.0 Å². The predicted octanol–water partition coefficient (Wildman–Crippen LogP) is 3.76. The molecule has 0 saturated carbocycles. The molecular formula is C20H18N2O4S. The smallest absolute Gasteiger partial charge is 0.294 e. The minimum atomic E-state index is -0.470. The van der Waals surface area contributed by atoms with Gasteiger partial charge >= 0.3 is 0 Å². The second-order valence-electron chi connectivity index (χ2n) is 5.68. The zero-order valence-corrected chi connectivity index (χ0v) is 15.5. The predicted molar refractivity (Wildman–Crippen MR) is 105 cm³/mol. The number of para-hydroxylation sites is 1. The molecule has 1 aliphatic rings. The van der Waals surface area contributed by atoms with Gasteiger partial charge in [0.1, 0.15) is 12.3 Å². The van der Waals surface area contributed by atoms with E-state index in [9.17, 15) is 14.4 Å². The van der Waals surface area contributed by atoms with Crippen LogP contribution in [0.15, 0.2) is 59.5 Å². The number of hydrogen-bond donors (Lipinski definition) is 1. The topological polar surface area (TPSA) is 75.7 Å². The van der Waals surface area contributed by atoms with Gasteiger partial charge in [-0.3, -0.25) is 19.3 Å². The van der Waals surface area contributed by atoms with Gasteiger partial charge < -0.3 is 10.1 Å². The summed E-state index contributed by atoms with van der Waals surface area (Å²) in [6.45, 7) is 2.15. The highest BCUT2D eigenvalue weighted by Crippen LogP contribution is 2.32. The monoisotopic (exact) mass is 382 g/mol. The summed E-state index contributed by atoms with van der Waals surface area (Å²) in [5.74, 6) is -0.159. The van der Waals surface area contributed by atoms with Crippen molar-refractivity contribution in [2.75, 3.05) is 18.5 Å². The number of thioether (sulfide) groups is 1. The molecule has 0 radical (unpaired) electrons. The van der Waals surface area contributed by atoms with Gasteiger partial charge in [-0.25, -0.2) is 0 Å². The number of nitrogens with one attached hydrogen (secondary N) is 1. The fraction of sp³-hybridized carbons (Fsp3) is 0.150. The van der Waals surface area contributed by atoms with Crippen molar-refractivity contribution in [3.63, 3.8) is 0 Å². The van der Waals surface area contributed by atoms with E-state index in [4.69, 9.17) is 4.74 Å². The molecule has 3 rings (SSSR count). The van der Waals surface area contributed by atoms with Crippen molar-refractivity contribution in [1.29, 1.82) is 0 Å². The first-order chi connectivity index (χ1) is 13.1. The Kier molecular flexibility index (Phi) is 5.93. The molecule has 2 aromatic carbocycles. The number of benzene rings is 2. The Morgan fingerprint density at radius 1 is 1.11 bits per heavy atom. The van der Waals surface area contributed by atoms with Crippen molar-refractivity contribution in [2.45, 2.75) is 6.92 Å². The van der Waals surface area contributed by atoms with E-state index in [0.29, 0.717) is 12.3 Å². The summed E-state index contributed by atoms with van der Waals surface area (Å²) in [5, 5.41) is 2.21. The van der Waals surface area contributed by atoms with E-state index in [2.05, 4.69) is 5.32 Å². The van der Waals surface area contributed by atoms with Crippen LogP contribution in [0.4, 0.5) is 10.5 Å². The molecule has 1 saturated heterocycles. The molecule has 1 aliphatic heterocycles. The number of nitrogens with zero attached hydrogens (tertiary/aromatic N) is 1. The lowest BCUT2D eigenvalue weighted by molar-refractivity contribution is -0.127. The van der Waals surface area contributed by atoms with Crippen molar-refractivity contribution in [1.82, 2.24) is 4.90 Å². The molecule has 2 aromatic rings. The maximum Gasteiger partial charge on any atom is 0.294 e. The number of carbonyl (C=O) groups excluding carboxylic acids is 3. The number of amides is 3. The van der Waals surface area contributed by atoms with Gasteiger partial charge in [0.25, 0.3) is 11.1 Å². The van der Waals surface area contributed by atoms with Crippen molar-refractivity contribution in [3.8, 4) is 5.75 Å². The largest absolute Gasteiger partial charge is 0.494 e. The van der Waals surface area contributed by atoms with Crippen molar-refractivity contribution in [2.24, 2.45) is 0 Å². The van der Waals surface area contributed by atoms with Gasteiger partial charge in [0, 0.05) is 5.69 Å². The zero-order valence-electron chi connectivity index (χ0n) is 14.7. The zero-order chi connectivity index (χ0) is 19.2. The van der Waals surface area contributed by atoms with Crippen LogP contribution < -0.4 is 10.1 Å². The lowest BCUT2D eigenvalue weighted by atomic mass is 10.2. The molecule has 0 unspecified atom stereocenters. The second-order valence-corrected chi connectivity index (χ2v) is 6.68. The maximum absolute atomic E-state index is 12.5. The van der Waals surface area contributed by atoms with E-state index in [1.54, 1.807) is 54.6 Å². The third-order valence-electron chi connectivity index (χ3n) is 3.72. The van der Waals surface area contributed by atoms with Gasteiger partial charge in [-0.1, -0.05) is 30.3 Å². The third-order valence-corrected chi connectivity index (χ3v) is 4.63. The Labute approximate surface area is 161 Å². The molecule has 0 spiro atoms. The fourth-order valence-corrected chi connectivity index (χ4v) is 3.32. The van der Waals surface area contributed by atoms with E-state index in [-0.39, 0.29) is 11.4 Å².